The SMILES string of the molecule is C=C(C(O)CC)C1(Nc2ccc(C(O)(C(F)(F)F)C(F)(F)F)cc2)CCCC1. The zero-order valence-corrected chi connectivity index (χ0v) is 15.3. The lowest BCUT2D eigenvalue weighted by molar-refractivity contribution is -0.376. The third-order valence-electron chi connectivity index (χ3n) is 5.37. The highest BCUT2D eigenvalue weighted by atomic mass is 19.4. The molecule has 0 aromatic heterocycles. The Morgan fingerprint density at radius 3 is 1.93 bits per heavy atom. The van der Waals surface area contributed by atoms with Gasteiger partial charge in [-0.3, -0.25) is 0 Å². The topological polar surface area (TPSA) is 52.5 Å². The number of nitrogens with one attached hydrogen (secondary N) is 1. The molecule has 1 aliphatic carbocycles. The number of halogens is 6. The summed E-state index contributed by atoms with van der Waals surface area (Å²) < 4.78 is 77.9. The van der Waals surface area contributed by atoms with Crippen LogP contribution in [0.25, 0.3) is 0 Å². The molecule has 2 rings (SSSR count). The van der Waals surface area contributed by atoms with Gasteiger partial charge in [0.05, 0.1) is 11.6 Å². The first-order valence-corrected chi connectivity index (χ1v) is 8.90. The molecule has 0 bridgehead atoms. The molecule has 1 aliphatic rings. The van der Waals surface area contributed by atoms with Gasteiger partial charge in [0.2, 0.25) is 0 Å². The number of benzene rings is 1. The van der Waals surface area contributed by atoms with Crippen molar-refractivity contribution in [3.8, 4) is 0 Å². The summed E-state index contributed by atoms with van der Waals surface area (Å²) in [4.78, 5) is 0. The highest BCUT2D eigenvalue weighted by Gasteiger charge is 2.71. The molecule has 3 nitrogen and oxygen atoms in total. The van der Waals surface area contributed by atoms with Crippen LogP contribution < -0.4 is 5.32 Å². The van der Waals surface area contributed by atoms with Crippen LogP contribution in [0.3, 0.4) is 0 Å². The second-order valence-electron chi connectivity index (χ2n) is 7.15. The van der Waals surface area contributed by atoms with Crippen LogP contribution in [0.2, 0.25) is 0 Å². The van der Waals surface area contributed by atoms with E-state index in [9.17, 15) is 36.6 Å². The molecule has 1 atom stereocenters. The normalized spacial score (nSPS) is 18.8. The lowest BCUT2D eigenvalue weighted by atomic mass is 9.84. The smallest absolute Gasteiger partial charge is 0.389 e. The lowest BCUT2D eigenvalue weighted by Crippen LogP contribution is -2.53. The van der Waals surface area contributed by atoms with Gasteiger partial charge in [-0.2, -0.15) is 26.3 Å². The zero-order valence-electron chi connectivity index (χ0n) is 15.3. The maximum absolute atomic E-state index is 13.0. The molecule has 0 amide bonds. The van der Waals surface area contributed by atoms with Crippen molar-refractivity contribution in [3.05, 3.63) is 42.0 Å². The maximum atomic E-state index is 13.0. The molecule has 0 radical (unpaired) electrons. The monoisotopic (exact) mass is 411 g/mol. The Hall–Kier alpha value is -1.74. The van der Waals surface area contributed by atoms with Crippen molar-refractivity contribution in [2.75, 3.05) is 5.32 Å². The number of rotatable bonds is 6. The van der Waals surface area contributed by atoms with E-state index in [-0.39, 0.29) is 5.69 Å². The first kappa shape index (κ1) is 22.5. The summed E-state index contributed by atoms with van der Waals surface area (Å²) in [5.41, 5.74) is -6.13. The molecule has 0 saturated heterocycles. The first-order valence-electron chi connectivity index (χ1n) is 8.90. The predicted octanol–water partition coefficient (Wildman–Crippen LogP) is 5.05. The van der Waals surface area contributed by atoms with E-state index in [1.807, 2.05) is 0 Å². The van der Waals surface area contributed by atoms with Crippen molar-refractivity contribution in [2.24, 2.45) is 0 Å². The largest absolute Gasteiger partial charge is 0.430 e. The van der Waals surface area contributed by atoms with Gasteiger partial charge in [-0.25, -0.2) is 0 Å². The van der Waals surface area contributed by atoms with E-state index in [4.69, 9.17) is 0 Å². The van der Waals surface area contributed by atoms with Crippen molar-refractivity contribution in [1.82, 2.24) is 0 Å². The Morgan fingerprint density at radius 1 is 1.07 bits per heavy atom. The van der Waals surface area contributed by atoms with Crippen molar-refractivity contribution in [2.45, 2.75) is 68.6 Å². The standard InChI is InChI=1S/C19H23F6NO2/c1-3-15(27)12(2)16(10-4-5-11-16)26-14-8-6-13(7-9-14)17(28,18(20,21)22)19(23,24)25/h6-9,15,26-28H,2-5,10-11H2,1H3. The van der Waals surface area contributed by atoms with Crippen molar-refractivity contribution >= 4 is 5.69 Å². The molecule has 1 aromatic carbocycles. The summed E-state index contributed by atoms with van der Waals surface area (Å²) in [5.74, 6) is 0. The summed E-state index contributed by atoms with van der Waals surface area (Å²) in [6.45, 7) is 5.73. The molecule has 158 valence electrons. The van der Waals surface area contributed by atoms with Crippen LogP contribution in [0.5, 0.6) is 0 Å². The van der Waals surface area contributed by atoms with Gasteiger partial charge in [0, 0.05) is 11.3 Å². The Kier molecular flexibility index (Phi) is 6.11. The van der Waals surface area contributed by atoms with Crippen LogP contribution in [-0.2, 0) is 5.60 Å². The Balaban J connectivity index is 2.35. The third kappa shape index (κ3) is 3.87. The second kappa shape index (κ2) is 7.59. The highest BCUT2D eigenvalue weighted by Crippen LogP contribution is 2.50. The van der Waals surface area contributed by atoms with Gasteiger partial charge in [0.1, 0.15) is 0 Å². The molecule has 1 saturated carbocycles. The fourth-order valence-corrected chi connectivity index (χ4v) is 3.63. The van der Waals surface area contributed by atoms with Crippen LogP contribution >= 0.6 is 0 Å². The highest BCUT2D eigenvalue weighted by molar-refractivity contribution is 5.51. The fourth-order valence-electron chi connectivity index (χ4n) is 3.63. The average molecular weight is 411 g/mol. The molecule has 1 unspecified atom stereocenters. The molecular weight excluding hydrogens is 388 g/mol. The van der Waals surface area contributed by atoms with Gasteiger partial charge in [0.15, 0.2) is 0 Å². The molecule has 0 aliphatic heterocycles. The summed E-state index contributed by atoms with van der Waals surface area (Å²) in [5, 5.41) is 22.7. The molecular formula is C19H23F6NO2. The lowest BCUT2D eigenvalue weighted by Gasteiger charge is -2.36. The van der Waals surface area contributed by atoms with Crippen LogP contribution in [0, 0.1) is 0 Å². The predicted molar refractivity (Wildman–Crippen MR) is 92.7 cm³/mol. The van der Waals surface area contributed by atoms with Crippen molar-refractivity contribution in [3.63, 3.8) is 0 Å². The van der Waals surface area contributed by atoms with Gasteiger partial charge in [0.25, 0.3) is 5.60 Å². The number of alkyl halides is 6. The van der Waals surface area contributed by atoms with E-state index in [0.29, 0.717) is 37.0 Å². The number of aliphatic hydroxyl groups is 2. The van der Waals surface area contributed by atoms with Crippen LogP contribution in [0.15, 0.2) is 36.4 Å². The minimum Gasteiger partial charge on any atom is -0.389 e. The van der Waals surface area contributed by atoms with Gasteiger partial charge in [-0.1, -0.05) is 38.5 Å². The van der Waals surface area contributed by atoms with Gasteiger partial charge in [-0.15, -0.1) is 0 Å². The Bertz CT molecular complexity index is 676. The van der Waals surface area contributed by atoms with Gasteiger partial charge < -0.3 is 15.5 Å². The summed E-state index contributed by atoms with van der Waals surface area (Å²) in [7, 11) is 0. The van der Waals surface area contributed by atoms with E-state index in [2.05, 4.69) is 11.9 Å². The quantitative estimate of drug-likeness (QED) is 0.454. The van der Waals surface area contributed by atoms with E-state index in [1.54, 1.807) is 6.92 Å². The molecule has 0 spiro atoms. The molecule has 0 heterocycles. The minimum atomic E-state index is -5.92. The minimum absolute atomic E-state index is 0.279. The Labute approximate surface area is 159 Å². The van der Waals surface area contributed by atoms with E-state index >= 15 is 0 Å². The van der Waals surface area contributed by atoms with Crippen LogP contribution in [0.4, 0.5) is 32.0 Å². The van der Waals surface area contributed by atoms with E-state index in [1.165, 1.54) is 0 Å². The van der Waals surface area contributed by atoms with Crippen molar-refractivity contribution < 1.29 is 36.6 Å². The fraction of sp³-hybridized carbons (Fsp3) is 0.579. The molecule has 1 fully saturated rings. The molecule has 9 heteroatoms. The van der Waals surface area contributed by atoms with E-state index < -0.39 is 35.2 Å². The van der Waals surface area contributed by atoms with Gasteiger partial charge in [-0.05, 0) is 37.0 Å². The third-order valence-corrected chi connectivity index (χ3v) is 5.37. The Morgan fingerprint density at radius 2 is 1.54 bits per heavy atom. The van der Waals surface area contributed by atoms with Crippen LogP contribution in [0.1, 0.15) is 44.6 Å². The summed E-state index contributed by atoms with van der Waals surface area (Å²) >= 11 is 0. The van der Waals surface area contributed by atoms with Crippen molar-refractivity contribution in [1.29, 1.82) is 0 Å². The number of aliphatic hydroxyl groups excluding tert-OH is 1. The average Bonchev–Trinajstić information content (AvgIpc) is 3.08. The summed E-state index contributed by atoms with van der Waals surface area (Å²) in [6.07, 6.45) is -9.21. The first-order chi connectivity index (χ1) is 12.8. The van der Waals surface area contributed by atoms with E-state index in [0.717, 1.165) is 25.0 Å². The molecule has 3 N–H and O–H groups in total. The number of anilines is 1. The van der Waals surface area contributed by atoms with Gasteiger partial charge >= 0.3 is 12.4 Å². The van der Waals surface area contributed by atoms with Crippen LogP contribution in [-0.4, -0.2) is 34.2 Å². The number of hydrogen-bond donors (Lipinski definition) is 3. The zero-order chi connectivity index (χ0) is 21.4. The number of hydrogen-bond acceptors (Lipinski definition) is 3. The molecule has 1 aromatic rings. The second-order valence-corrected chi connectivity index (χ2v) is 7.15. The maximum Gasteiger partial charge on any atom is 0.430 e. The summed E-state index contributed by atoms with van der Waals surface area (Å²) in [6, 6.07) is 3.32. The molecule has 28 heavy (non-hydrogen) atoms.